The van der Waals surface area contributed by atoms with Crippen molar-refractivity contribution < 1.29 is 9.53 Å². The maximum absolute atomic E-state index is 11.8. The zero-order valence-electron chi connectivity index (χ0n) is 11.4. The molecule has 0 amide bonds. The second kappa shape index (κ2) is 6.41. The van der Waals surface area contributed by atoms with Crippen molar-refractivity contribution in [3.05, 3.63) is 22.6 Å². The molecular formula is C13H19N3O3S. The van der Waals surface area contributed by atoms with Gasteiger partial charge in [0.15, 0.2) is 5.16 Å². The summed E-state index contributed by atoms with van der Waals surface area (Å²) >= 11 is 1.47. The molecule has 6 nitrogen and oxygen atoms in total. The Bertz CT molecular complexity index is 534. The first kappa shape index (κ1) is 15.1. The molecule has 1 heterocycles. The molecule has 3 N–H and O–H groups in total. The lowest BCUT2D eigenvalue weighted by molar-refractivity contribution is -0.148. The molecule has 1 aromatic rings. The van der Waals surface area contributed by atoms with Gasteiger partial charge in [0.1, 0.15) is 5.54 Å². The van der Waals surface area contributed by atoms with Gasteiger partial charge in [0.25, 0.3) is 5.56 Å². The highest BCUT2D eigenvalue weighted by Gasteiger charge is 2.46. The number of esters is 1. The van der Waals surface area contributed by atoms with Gasteiger partial charge in [-0.25, -0.2) is 4.98 Å². The Morgan fingerprint density at radius 3 is 3.20 bits per heavy atom. The van der Waals surface area contributed by atoms with Crippen LogP contribution in [-0.2, 0) is 9.53 Å². The van der Waals surface area contributed by atoms with Crippen LogP contribution in [0, 0.1) is 5.92 Å². The third-order valence-electron chi connectivity index (χ3n) is 3.79. The fourth-order valence-electron chi connectivity index (χ4n) is 2.69. The van der Waals surface area contributed by atoms with Crippen molar-refractivity contribution in [2.75, 3.05) is 12.9 Å². The predicted octanol–water partition coefficient (Wildman–Crippen LogP) is 0.923. The van der Waals surface area contributed by atoms with E-state index in [0.717, 1.165) is 25.0 Å². The number of methoxy groups -OCH3 is 1. The molecule has 20 heavy (non-hydrogen) atoms. The third-order valence-corrected chi connectivity index (χ3v) is 4.71. The lowest BCUT2D eigenvalue weighted by Crippen LogP contribution is -2.51. The maximum atomic E-state index is 11.8. The Balaban J connectivity index is 1.90. The SMILES string of the molecule is COC(=O)C1(N)CCCC1CCSc1nccc(=O)[nH]1. The van der Waals surface area contributed by atoms with Gasteiger partial charge in [-0.3, -0.25) is 9.59 Å². The first-order valence-corrected chi connectivity index (χ1v) is 7.60. The quantitative estimate of drug-likeness (QED) is 0.476. The molecule has 1 fully saturated rings. The second-order valence-corrected chi connectivity index (χ2v) is 6.08. The number of nitrogens with one attached hydrogen (secondary N) is 1. The summed E-state index contributed by atoms with van der Waals surface area (Å²) in [6, 6.07) is 1.38. The summed E-state index contributed by atoms with van der Waals surface area (Å²) in [6.07, 6.45) is 4.84. The summed E-state index contributed by atoms with van der Waals surface area (Å²) in [7, 11) is 1.37. The van der Waals surface area contributed by atoms with Gasteiger partial charge < -0.3 is 15.5 Å². The molecule has 2 atom stereocenters. The van der Waals surface area contributed by atoms with E-state index in [9.17, 15) is 9.59 Å². The molecule has 1 aliphatic carbocycles. The number of nitrogens with two attached hydrogens (primary N) is 1. The number of carbonyl (C=O) groups excluding carboxylic acids is 1. The smallest absolute Gasteiger partial charge is 0.326 e. The van der Waals surface area contributed by atoms with Crippen molar-refractivity contribution in [2.24, 2.45) is 11.7 Å². The zero-order valence-corrected chi connectivity index (χ0v) is 12.2. The molecule has 1 saturated carbocycles. The minimum Gasteiger partial charge on any atom is -0.468 e. The topological polar surface area (TPSA) is 98.1 Å². The van der Waals surface area contributed by atoms with E-state index < -0.39 is 5.54 Å². The van der Waals surface area contributed by atoms with Crippen LogP contribution in [0.3, 0.4) is 0 Å². The van der Waals surface area contributed by atoms with E-state index in [2.05, 4.69) is 9.97 Å². The van der Waals surface area contributed by atoms with E-state index in [0.29, 0.717) is 11.6 Å². The van der Waals surface area contributed by atoms with Gasteiger partial charge in [-0.2, -0.15) is 0 Å². The van der Waals surface area contributed by atoms with Gasteiger partial charge in [0.05, 0.1) is 7.11 Å². The molecule has 0 radical (unpaired) electrons. The fraction of sp³-hybridized carbons (Fsp3) is 0.615. The van der Waals surface area contributed by atoms with Crippen LogP contribution in [0.5, 0.6) is 0 Å². The van der Waals surface area contributed by atoms with Crippen molar-refractivity contribution in [3.8, 4) is 0 Å². The highest BCUT2D eigenvalue weighted by molar-refractivity contribution is 7.99. The summed E-state index contributed by atoms with van der Waals surface area (Å²) in [5.74, 6) is 0.558. The molecule has 0 aromatic carbocycles. The monoisotopic (exact) mass is 297 g/mol. The Morgan fingerprint density at radius 1 is 1.70 bits per heavy atom. The molecule has 0 aliphatic heterocycles. The molecule has 2 unspecified atom stereocenters. The standard InChI is InChI=1S/C13H19N3O3S/c1-19-11(18)13(14)6-2-3-9(13)5-8-20-12-15-7-4-10(17)16-12/h4,7,9H,2-3,5-6,8,14H2,1H3,(H,15,16,17). The number of carbonyl (C=O) groups is 1. The fourth-order valence-corrected chi connectivity index (χ4v) is 3.59. The van der Waals surface area contributed by atoms with Crippen LogP contribution in [0.25, 0.3) is 0 Å². The maximum Gasteiger partial charge on any atom is 0.326 e. The summed E-state index contributed by atoms with van der Waals surface area (Å²) in [6.45, 7) is 0. The van der Waals surface area contributed by atoms with Crippen LogP contribution in [0.15, 0.2) is 22.2 Å². The highest BCUT2D eigenvalue weighted by Crippen LogP contribution is 2.37. The van der Waals surface area contributed by atoms with Gasteiger partial charge >= 0.3 is 5.97 Å². The molecule has 1 aromatic heterocycles. The van der Waals surface area contributed by atoms with Crippen LogP contribution in [0.2, 0.25) is 0 Å². The third kappa shape index (κ3) is 3.21. The number of aromatic nitrogens is 2. The first-order valence-electron chi connectivity index (χ1n) is 6.61. The number of hydrogen-bond acceptors (Lipinski definition) is 6. The Morgan fingerprint density at radius 2 is 2.50 bits per heavy atom. The summed E-state index contributed by atoms with van der Waals surface area (Å²) < 4.78 is 4.82. The number of aromatic amines is 1. The van der Waals surface area contributed by atoms with Crippen molar-refractivity contribution in [2.45, 2.75) is 36.4 Å². The molecule has 0 spiro atoms. The van der Waals surface area contributed by atoms with E-state index in [1.165, 1.54) is 31.1 Å². The molecule has 110 valence electrons. The minimum atomic E-state index is -0.854. The van der Waals surface area contributed by atoms with Crippen LogP contribution in [0.4, 0.5) is 0 Å². The van der Waals surface area contributed by atoms with Crippen molar-refractivity contribution in [3.63, 3.8) is 0 Å². The average molecular weight is 297 g/mol. The Hall–Kier alpha value is -1.34. The number of ether oxygens (including phenoxy) is 1. The molecule has 0 bridgehead atoms. The van der Waals surface area contributed by atoms with Gasteiger partial charge in [-0.15, -0.1) is 0 Å². The molecule has 2 rings (SSSR count). The number of rotatable bonds is 5. The number of H-pyrrole nitrogens is 1. The highest BCUT2D eigenvalue weighted by atomic mass is 32.2. The van der Waals surface area contributed by atoms with Crippen molar-refractivity contribution >= 4 is 17.7 Å². The van der Waals surface area contributed by atoms with E-state index in [1.54, 1.807) is 0 Å². The average Bonchev–Trinajstić information content (AvgIpc) is 2.81. The van der Waals surface area contributed by atoms with Gasteiger partial charge in [0, 0.05) is 18.0 Å². The van der Waals surface area contributed by atoms with Gasteiger partial charge in [-0.05, 0) is 25.2 Å². The lowest BCUT2D eigenvalue weighted by atomic mass is 9.86. The number of hydrogen-bond donors (Lipinski definition) is 2. The second-order valence-electron chi connectivity index (χ2n) is 5.00. The summed E-state index contributed by atoms with van der Waals surface area (Å²) in [4.78, 5) is 29.7. The summed E-state index contributed by atoms with van der Waals surface area (Å²) in [5, 5.41) is 0.594. The minimum absolute atomic E-state index is 0.123. The van der Waals surface area contributed by atoms with E-state index in [-0.39, 0.29) is 17.4 Å². The van der Waals surface area contributed by atoms with E-state index >= 15 is 0 Å². The van der Waals surface area contributed by atoms with Crippen LogP contribution >= 0.6 is 11.8 Å². The van der Waals surface area contributed by atoms with Crippen LogP contribution in [-0.4, -0.2) is 34.3 Å². The normalized spacial score (nSPS) is 25.6. The van der Waals surface area contributed by atoms with E-state index in [1.807, 2.05) is 0 Å². The van der Waals surface area contributed by atoms with Gasteiger partial charge in [-0.1, -0.05) is 18.2 Å². The lowest BCUT2D eigenvalue weighted by Gasteiger charge is -2.28. The van der Waals surface area contributed by atoms with Crippen LogP contribution in [0.1, 0.15) is 25.7 Å². The Kier molecular flexibility index (Phi) is 4.82. The van der Waals surface area contributed by atoms with Gasteiger partial charge in [0.2, 0.25) is 0 Å². The predicted molar refractivity (Wildman–Crippen MR) is 76.5 cm³/mol. The molecular weight excluding hydrogens is 278 g/mol. The first-order chi connectivity index (χ1) is 9.56. The summed E-state index contributed by atoms with van der Waals surface area (Å²) in [5.41, 5.74) is 5.19. The zero-order chi connectivity index (χ0) is 14.6. The number of thioether (sulfide) groups is 1. The largest absolute Gasteiger partial charge is 0.468 e. The van der Waals surface area contributed by atoms with Crippen molar-refractivity contribution in [1.29, 1.82) is 0 Å². The number of nitrogens with zero attached hydrogens (tertiary/aromatic N) is 1. The molecule has 1 aliphatic rings. The van der Waals surface area contributed by atoms with Crippen molar-refractivity contribution in [1.82, 2.24) is 9.97 Å². The van der Waals surface area contributed by atoms with E-state index in [4.69, 9.17) is 10.5 Å². The molecule has 0 saturated heterocycles. The molecule has 7 heteroatoms. The van der Waals surface area contributed by atoms with Crippen LogP contribution < -0.4 is 11.3 Å². The Labute approximate surface area is 121 Å².